The second-order valence-electron chi connectivity index (χ2n) is 3.99. The minimum atomic E-state index is -0.179. The first-order chi connectivity index (χ1) is 8.58. The lowest BCUT2D eigenvalue weighted by atomic mass is 10.3. The van der Waals surface area contributed by atoms with Crippen molar-refractivity contribution >= 4 is 29.1 Å². The third-order valence-electron chi connectivity index (χ3n) is 2.51. The Morgan fingerprint density at radius 2 is 2.22 bits per heavy atom. The molecule has 0 bridgehead atoms. The number of rotatable bonds is 7. The molecule has 102 valence electrons. The van der Waals surface area contributed by atoms with E-state index in [9.17, 15) is 4.79 Å². The molecule has 0 N–H and O–H groups in total. The lowest BCUT2D eigenvalue weighted by molar-refractivity contribution is -0.147. The zero-order valence-corrected chi connectivity index (χ0v) is 13.1. The van der Waals surface area contributed by atoms with Gasteiger partial charge < -0.3 is 4.74 Å². The number of aromatic nitrogens is 1. The number of carbonyl (C=O) groups is 1. The summed E-state index contributed by atoms with van der Waals surface area (Å²) in [5.74, 6) is 1.76. The summed E-state index contributed by atoms with van der Waals surface area (Å²) in [6, 6.07) is 0. The van der Waals surface area contributed by atoms with Gasteiger partial charge in [-0.2, -0.15) is 11.8 Å². The standard InChI is InChI=1S/C13H21NO2S2/c1-5-11-14-9(3)13(18-11)10(4)16-12(15)7-8-17-6-2/h10H,5-8H2,1-4H3. The molecule has 0 saturated carbocycles. The molecule has 0 aromatic carbocycles. The van der Waals surface area contributed by atoms with Gasteiger partial charge in [0.25, 0.3) is 0 Å². The van der Waals surface area contributed by atoms with E-state index in [1.54, 1.807) is 23.1 Å². The van der Waals surface area contributed by atoms with Crippen LogP contribution in [0.25, 0.3) is 0 Å². The lowest BCUT2D eigenvalue weighted by Gasteiger charge is -2.12. The van der Waals surface area contributed by atoms with Gasteiger partial charge in [0.1, 0.15) is 6.10 Å². The summed E-state index contributed by atoms with van der Waals surface area (Å²) >= 11 is 3.40. The van der Waals surface area contributed by atoms with Gasteiger partial charge in [0, 0.05) is 5.75 Å². The first kappa shape index (κ1) is 15.5. The molecule has 0 aliphatic rings. The van der Waals surface area contributed by atoms with Crippen LogP contribution in [0, 0.1) is 6.92 Å². The quantitative estimate of drug-likeness (QED) is 0.565. The number of thioether (sulfide) groups is 1. The molecular weight excluding hydrogens is 266 g/mol. The van der Waals surface area contributed by atoms with Gasteiger partial charge in [-0.25, -0.2) is 4.98 Å². The zero-order chi connectivity index (χ0) is 13.5. The molecule has 0 radical (unpaired) electrons. The number of thiazole rings is 1. The van der Waals surface area contributed by atoms with Crippen LogP contribution in [0.2, 0.25) is 0 Å². The van der Waals surface area contributed by atoms with Crippen molar-refractivity contribution in [2.45, 2.75) is 46.6 Å². The van der Waals surface area contributed by atoms with E-state index in [1.807, 2.05) is 13.8 Å². The van der Waals surface area contributed by atoms with Crippen LogP contribution in [0.4, 0.5) is 0 Å². The monoisotopic (exact) mass is 287 g/mol. The molecular formula is C13H21NO2S2. The first-order valence-electron chi connectivity index (χ1n) is 6.31. The van der Waals surface area contributed by atoms with Gasteiger partial charge >= 0.3 is 5.97 Å². The SMILES string of the molecule is CCSCCC(=O)OC(C)c1sc(CC)nc1C. The Morgan fingerprint density at radius 1 is 1.50 bits per heavy atom. The van der Waals surface area contributed by atoms with Crippen molar-refractivity contribution in [2.75, 3.05) is 11.5 Å². The Morgan fingerprint density at radius 3 is 2.78 bits per heavy atom. The molecule has 0 aliphatic heterocycles. The number of hydrogen-bond acceptors (Lipinski definition) is 5. The predicted octanol–water partition coefficient (Wildman–Crippen LogP) is 3.76. The largest absolute Gasteiger partial charge is 0.457 e. The molecule has 1 heterocycles. The fourth-order valence-corrected chi connectivity index (χ4v) is 3.19. The highest BCUT2D eigenvalue weighted by Gasteiger charge is 2.17. The van der Waals surface area contributed by atoms with Gasteiger partial charge in [-0.05, 0) is 26.0 Å². The molecule has 1 aromatic rings. The van der Waals surface area contributed by atoms with Crippen LogP contribution in [0.1, 0.15) is 48.9 Å². The Balaban J connectivity index is 2.50. The lowest BCUT2D eigenvalue weighted by Crippen LogP contribution is -2.09. The molecule has 0 spiro atoms. The molecule has 0 fully saturated rings. The van der Waals surface area contributed by atoms with Gasteiger partial charge in [0.2, 0.25) is 0 Å². The van der Waals surface area contributed by atoms with Crippen molar-refractivity contribution < 1.29 is 9.53 Å². The van der Waals surface area contributed by atoms with E-state index in [0.717, 1.165) is 33.5 Å². The molecule has 3 nitrogen and oxygen atoms in total. The van der Waals surface area contributed by atoms with E-state index in [1.165, 1.54) is 0 Å². The van der Waals surface area contributed by atoms with Crippen LogP contribution in [0.5, 0.6) is 0 Å². The summed E-state index contributed by atoms with van der Waals surface area (Å²) < 4.78 is 5.44. The third-order valence-corrected chi connectivity index (χ3v) is 4.88. The van der Waals surface area contributed by atoms with Crippen molar-refractivity contribution in [1.29, 1.82) is 0 Å². The number of esters is 1. The average molecular weight is 287 g/mol. The molecule has 1 atom stereocenters. The summed E-state index contributed by atoms with van der Waals surface area (Å²) in [7, 11) is 0. The Bertz CT molecular complexity index is 390. The van der Waals surface area contributed by atoms with Gasteiger partial charge in [-0.15, -0.1) is 11.3 Å². The second kappa shape index (κ2) is 7.79. The second-order valence-corrected chi connectivity index (χ2v) is 6.50. The Labute approximate surface area is 117 Å². The number of hydrogen-bond donors (Lipinski definition) is 0. The topological polar surface area (TPSA) is 39.2 Å². The average Bonchev–Trinajstić information content (AvgIpc) is 2.71. The van der Waals surface area contributed by atoms with Crippen molar-refractivity contribution in [3.05, 3.63) is 15.6 Å². The molecule has 5 heteroatoms. The first-order valence-corrected chi connectivity index (χ1v) is 8.29. The minimum absolute atomic E-state index is 0.116. The fraction of sp³-hybridized carbons (Fsp3) is 0.692. The van der Waals surface area contributed by atoms with E-state index in [4.69, 9.17) is 4.74 Å². The third kappa shape index (κ3) is 4.61. The number of ether oxygens (including phenoxy) is 1. The number of aryl methyl sites for hydroxylation is 2. The van der Waals surface area contributed by atoms with Crippen LogP contribution < -0.4 is 0 Å². The molecule has 0 aliphatic carbocycles. The maximum atomic E-state index is 11.6. The molecule has 18 heavy (non-hydrogen) atoms. The Hall–Kier alpha value is -0.550. The van der Waals surface area contributed by atoms with E-state index in [0.29, 0.717) is 6.42 Å². The van der Waals surface area contributed by atoms with E-state index >= 15 is 0 Å². The Kier molecular flexibility index (Phi) is 6.71. The molecule has 1 unspecified atom stereocenters. The number of carbonyl (C=O) groups excluding carboxylic acids is 1. The van der Waals surface area contributed by atoms with Gasteiger partial charge in [-0.3, -0.25) is 4.79 Å². The molecule has 0 saturated heterocycles. The van der Waals surface area contributed by atoms with Crippen LogP contribution in [-0.4, -0.2) is 22.5 Å². The predicted molar refractivity (Wildman–Crippen MR) is 78.4 cm³/mol. The smallest absolute Gasteiger partial charge is 0.307 e. The van der Waals surface area contributed by atoms with Gasteiger partial charge in [-0.1, -0.05) is 13.8 Å². The summed E-state index contributed by atoms with van der Waals surface area (Å²) in [5.41, 5.74) is 0.986. The minimum Gasteiger partial charge on any atom is -0.457 e. The molecule has 1 rings (SSSR count). The van der Waals surface area contributed by atoms with Crippen molar-refractivity contribution in [3.63, 3.8) is 0 Å². The van der Waals surface area contributed by atoms with Crippen LogP contribution in [0.15, 0.2) is 0 Å². The van der Waals surface area contributed by atoms with Crippen LogP contribution >= 0.6 is 23.1 Å². The highest BCUT2D eigenvalue weighted by molar-refractivity contribution is 7.99. The maximum Gasteiger partial charge on any atom is 0.307 e. The van der Waals surface area contributed by atoms with Crippen molar-refractivity contribution in [1.82, 2.24) is 4.98 Å². The summed E-state index contributed by atoms with van der Waals surface area (Å²) in [4.78, 5) is 17.2. The fourth-order valence-electron chi connectivity index (χ4n) is 1.60. The molecule has 1 aromatic heterocycles. The molecule has 0 amide bonds. The van der Waals surface area contributed by atoms with Crippen molar-refractivity contribution in [2.24, 2.45) is 0 Å². The summed E-state index contributed by atoms with van der Waals surface area (Å²) in [6.45, 7) is 8.07. The van der Waals surface area contributed by atoms with Gasteiger partial charge in [0.05, 0.1) is 22.0 Å². The van der Waals surface area contributed by atoms with E-state index in [2.05, 4.69) is 18.8 Å². The van der Waals surface area contributed by atoms with Crippen molar-refractivity contribution in [3.8, 4) is 0 Å². The van der Waals surface area contributed by atoms with Crippen LogP contribution in [-0.2, 0) is 16.0 Å². The maximum absolute atomic E-state index is 11.6. The van der Waals surface area contributed by atoms with E-state index < -0.39 is 0 Å². The highest BCUT2D eigenvalue weighted by atomic mass is 32.2. The highest BCUT2D eigenvalue weighted by Crippen LogP contribution is 2.28. The normalized spacial score (nSPS) is 12.4. The zero-order valence-electron chi connectivity index (χ0n) is 11.5. The summed E-state index contributed by atoms with van der Waals surface area (Å²) in [5, 5.41) is 1.10. The van der Waals surface area contributed by atoms with Crippen LogP contribution in [0.3, 0.4) is 0 Å². The number of nitrogens with zero attached hydrogens (tertiary/aromatic N) is 1. The van der Waals surface area contributed by atoms with E-state index in [-0.39, 0.29) is 12.1 Å². The van der Waals surface area contributed by atoms with Gasteiger partial charge in [0.15, 0.2) is 0 Å². The summed E-state index contributed by atoms with van der Waals surface area (Å²) in [6.07, 6.45) is 1.24.